The second-order valence-corrected chi connectivity index (χ2v) is 13.1. The molecule has 0 saturated carbocycles. The van der Waals surface area contributed by atoms with Gasteiger partial charge in [-0.05, 0) is 55.7 Å². The molecule has 4 rings (SSSR count). The topological polar surface area (TPSA) is 98.5 Å². The lowest BCUT2D eigenvalue weighted by atomic mass is 9.97. The fourth-order valence-corrected chi connectivity index (χ4v) is 6.90. The number of carbonyl (C=O) groups excluding carboxylic acids is 1. The molecule has 0 aliphatic carbocycles. The van der Waals surface area contributed by atoms with Gasteiger partial charge in [-0.25, -0.2) is 12.8 Å². The highest BCUT2D eigenvalue weighted by Crippen LogP contribution is 2.35. The van der Waals surface area contributed by atoms with Gasteiger partial charge in [0.15, 0.2) is 27.2 Å². The van der Waals surface area contributed by atoms with E-state index in [1.165, 1.54) is 39.2 Å². The van der Waals surface area contributed by atoms with Gasteiger partial charge in [0.2, 0.25) is 0 Å². The highest BCUT2D eigenvalue weighted by atomic mass is 35.5. The SMILES string of the molecule is COc1c(F)ccc2c1c(CS(=O)(=O)c1ccc(Cl)s1)nn2Cc1cccc(CCC(=O)C(C)(C)O)c1. The Balaban J connectivity index is 1.69. The van der Waals surface area contributed by atoms with E-state index in [1.807, 2.05) is 24.3 Å². The number of Topliss-reactive ketones (excluding diaryl/α,β-unsaturated/α-hetero) is 1. The highest BCUT2D eigenvalue weighted by Gasteiger charge is 2.26. The second-order valence-electron chi connectivity index (χ2n) is 9.20. The van der Waals surface area contributed by atoms with E-state index in [0.717, 1.165) is 22.5 Å². The molecule has 1 N–H and O–H groups in total. The van der Waals surface area contributed by atoms with Crippen LogP contribution in [0.5, 0.6) is 5.75 Å². The number of aliphatic hydroxyl groups is 1. The third kappa shape index (κ3) is 6.04. The molecule has 0 bridgehead atoms. The van der Waals surface area contributed by atoms with Crippen molar-refractivity contribution in [2.45, 2.75) is 48.8 Å². The summed E-state index contributed by atoms with van der Waals surface area (Å²) in [6.07, 6.45) is 0.658. The molecule has 2 heterocycles. The molecule has 11 heteroatoms. The van der Waals surface area contributed by atoms with E-state index in [-0.39, 0.29) is 34.4 Å². The predicted molar refractivity (Wildman–Crippen MR) is 142 cm³/mol. The zero-order chi connectivity index (χ0) is 27.0. The fourth-order valence-electron chi connectivity index (χ4n) is 4.05. The van der Waals surface area contributed by atoms with E-state index in [2.05, 4.69) is 5.10 Å². The van der Waals surface area contributed by atoms with Crippen LogP contribution in [0.2, 0.25) is 4.34 Å². The predicted octanol–water partition coefficient (Wildman–Crippen LogP) is 5.19. The van der Waals surface area contributed by atoms with Gasteiger partial charge in [-0.3, -0.25) is 9.48 Å². The first-order chi connectivity index (χ1) is 17.4. The molecule has 0 radical (unpaired) electrons. The average Bonchev–Trinajstić information content (AvgIpc) is 3.41. The number of halogens is 2. The number of hydrogen-bond donors (Lipinski definition) is 1. The maximum absolute atomic E-state index is 14.6. The summed E-state index contributed by atoms with van der Waals surface area (Å²) in [5, 5.41) is 14.7. The first-order valence-corrected chi connectivity index (χ1v) is 14.3. The molecule has 0 fully saturated rings. The van der Waals surface area contributed by atoms with Crippen LogP contribution in [0.4, 0.5) is 4.39 Å². The maximum Gasteiger partial charge on any atom is 0.193 e. The van der Waals surface area contributed by atoms with Crippen LogP contribution in [0.1, 0.15) is 37.1 Å². The van der Waals surface area contributed by atoms with Gasteiger partial charge in [-0.1, -0.05) is 35.9 Å². The number of aryl methyl sites for hydroxylation is 1. The van der Waals surface area contributed by atoms with Crippen LogP contribution in [-0.4, -0.2) is 41.8 Å². The summed E-state index contributed by atoms with van der Waals surface area (Å²) in [6.45, 7) is 3.22. The molecule has 0 spiro atoms. The van der Waals surface area contributed by atoms with Crippen molar-refractivity contribution in [3.05, 3.63) is 75.5 Å². The molecule has 0 aliphatic rings. The lowest BCUT2D eigenvalue weighted by molar-refractivity contribution is -0.134. The standard InChI is InChI=1S/C26H26ClFN2O5S2/c1-26(2,32)21(31)10-7-16-5-4-6-17(13-16)14-30-20-9-8-18(28)25(35-3)24(20)19(29-30)15-37(33,34)23-12-11-22(27)36-23/h4-6,8-9,11-13,32H,7,10,14-15H2,1-3H3. The summed E-state index contributed by atoms with van der Waals surface area (Å²) in [4.78, 5) is 12.1. The molecule has 4 aromatic rings. The van der Waals surface area contributed by atoms with Gasteiger partial charge in [0.05, 0.1) is 34.6 Å². The van der Waals surface area contributed by atoms with Crippen molar-refractivity contribution < 1.29 is 27.4 Å². The molecule has 0 atom stereocenters. The van der Waals surface area contributed by atoms with E-state index in [1.54, 1.807) is 10.7 Å². The third-order valence-corrected chi connectivity index (χ3v) is 9.37. The summed E-state index contributed by atoms with van der Waals surface area (Å²) < 4.78 is 48.1. The largest absolute Gasteiger partial charge is 0.493 e. The Bertz CT molecular complexity index is 1570. The first-order valence-electron chi connectivity index (χ1n) is 11.4. The van der Waals surface area contributed by atoms with Crippen molar-refractivity contribution in [3.63, 3.8) is 0 Å². The number of nitrogens with zero attached hydrogens (tertiary/aromatic N) is 2. The molecule has 7 nitrogen and oxygen atoms in total. The Morgan fingerprint density at radius 3 is 2.57 bits per heavy atom. The number of thiophene rings is 1. The van der Waals surface area contributed by atoms with E-state index < -0.39 is 27.0 Å². The normalized spacial score (nSPS) is 12.3. The van der Waals surface area contributed by atoms with Gasteiger partial charge in [-0.2, -0.15) is 5.10 Å². The monoisotopic (exact) mass is 564 g/mol. The molecule has 0 aliphatic heterocycles. The van der Waals surface area contributed by atoms with Gasteiger partial charge in [0.1, 0.15) is 15.6 Å². The summed E-state index contributed by atoms with van der Waals surface area (Å²) in [7, 11) is -2.46. The summed E-state index contributed by atoms with van der Waals surface area (Å²) in [5.41, 5.74) is 1.08. The van der Waals surface area contributed by atoms with Crippen molar-refractivity contribution in [2.24, 2.45) is 0 Å². The lowest BCUT2D eigenvalue weighted by Crippen LogP contribution is -2.31. The number of rotatable bonds is 10. The van der Waals surface area contributed by atoms with E-state index >= 15 is 0 Å². The van der Waals surface area contributed by atoms with Crippen molar-refractivity contribution in [1.29, 1.82) is 0 Å². The van der Waals surface area contributed by atoms with Gasteiger partial charge < -0.3 is 9.84 Å². The van der Waals surface area contributed by atoms with Crippen molar-refractivity contribution >= 4 is 49.5 Å². The van der Waals surface area contributed by atoms with Crippen molar-refractivity contribution in [1.82, 2.24) is 9.78 Å². The van der Waals surface area contributed by atoms with E-state index in [9.17, 15) is 22.7 Å². The average molecular weight is 565 g/mol. The highest BCUT2D eigenvalue weighted by molar-refractivity contribution is 7.92. The summed E-state index contributed by atoms with van der Waals surface area (Å²) in [6, 6.07) is 13.3. The number of sulfone groups is 1. The minimum atomic E-state index is -3.79. The van der Waals surface area contributed by atoms with Crippen molar-refractivity contribution in [2.75, 3.05) is 7.11 Å². The minimum absolute atomic E-state index is 0.0722. The number of fused-ring (bicyclic) bond motifs is 1. The molecule has 2 aromatic carbocycles. The smallest absolute Gasteiger partial charge is 0.193 e. The van der Waals surface area contributed by atoms with Crippen LogP contribution in [0.25, 0.3) is 10.9 Å². The van der Waals surface area contributed by atoms with E-state index in [4.69, 9.17) is 16.3 Å². The Hall–Kier alpha value is -2.79. The Morgan fingerprint density at radius 2 is 1.92 bits per heavy atom. The Kier molecular flexibility index (Phi) is 7.75. The molecule has 196 valence electrons. The Morgan fingerprint density at radius 1 is 1.19 bits per heavy atom. The molecule has 2 aromatic heterocycles. The minimum Gasteiger partial charge on any atom is -0.493 e. The second kappa shape index (κ2) is 10.5. The van der Waals surface area contributed by atoms with Crippen LogP contribution < -0.4 is 4.74 Å². The summed E-state index contributed by atoms with van der Waals surface area (Å²) in [5.74, 6) is -1.39. The molecular formula is C26H26ClFN2O5S2. The number of aromatic nitrogens is 2. The molecule has 0 unspecified atom stereocenters. The zero-order valence-corrected chi connectivity index (χ0v) is 22.9. The number of ether oxygens (including phenoxy) is 1. The van der Waals surface area contributed by atoms with Gasteiger partial charge in [-0.15, -0.1) is 11.3 Å². The van der Waals surface area contributed by atoms with Crippen LogP contribution in [0.15, 0.2) is 52.7 Å². The molecular weight excluding hydrogens is 539 g/mol. The summed E-state index contributed by atoms with van der Waals surface area (Å²) >= 11 is 6.89. The maximum atomic E-state index is 14.6. The number of benzene rings is 2. The van der Waals surface area contributed by atoms with Gasteiger partial charge >= 0.3 is 0 Å². The number of methoxy groups -OCH3 is 1. The molecule has 37 heavy (non-hydrogen) atoms. The third-order valence-electron chi connectivity index (χ3n) is 5.93. The zero-order valence-electron chi connectivity index (χ0n) is 20.5. The molecule has 0 saturated heterocycles. The van der Waals surface area contributed by atoms with Gasteiger partial charge in [0.25, 0.3) is 0 Å². The van der Waals surface area contributed by atoms with Gasteiger partial charge in [0, 0.05) is 6.42 Å². The number of ketones is 1. The lowest BCUT2D eigenvalue weighted by Gasteiger charge is -2.15. The van der Waals surface area contributed by atoms with Crippen LogP contribution in [0, 0.1) is 5.82 Å². The number of hydrogen-bond acceptors (Lipinski definition) is 7. The number of carbonyl (C=O) groups is 1. The quantitative estimate of drug-likeness (QED) is 0.284. The first kappa shape index (κ1) is 27.3. The van der Waals surface area contributed by atoms with Crippen LogP contribution in [-0.2, 0) is 33.4 Å². The van der Waals surface area contributed by atoms with Crippen molar-refractivity contribution in [3.8, 4) is 5.75 Å². The van der Waals surface area contributed by atoms with E-state index in [0.29, 0.717) is 21.7 Å². The van der Waals surface area contributed by atoms with Crippen LogP contribution in [0.3, 0.4) is 0 Å². The molecule has 0 amide bonds. The van der Waals surface area contributed by atoms with Crippen LogP contribution >= 0.6 is 22.9 Å². The fraction of sp³-hybridized carbons (Fsp3) is 0.308. The Labute approximate surface area is 223 Å².